The van der Waals surface area contributed by atoms with Gasteiger partial charge in [0.25, 0.3) is 0 Å². The lowest BCUT2D eigenvalue weighted by Crippen LogP contribution is -2.03. The van der Waals surface area contributed by atoms with Crippen LogP contribution in [-0.4, -0.2) is 5.16 Å². The van der Waals surface area contributed by atoms with Crippen LogP contribution in [0.1, 0.15) is 38.0 Å². The molecule has 1 unspecified atom stereocenters. The second-order valence-corrected chi connectivity index (χ2v) is 5.15. The van der Waals surface area contributed by atoms with E-state index in [0.717, 1.165) is 16.9 Å². The summed E-state index contributed by atoms with van der Waals surface area (Å²) in [4.78, 5) is 0. The number of nitrogens with zero attached hydrogens (tertiary/aromatic N) is 1. The average molecular weight is 244 g/mol. The number of benzene rings is 1. The molecule has 2 N–H and O–H groups in total. The number of rotatable bonds is 3. The summed E-state index contributed by atoms with van der Waals surface area (Å²) in [6.45, 7) is 8.56. The standard InChI is InChI=1S/C15H20N2O/c1-9(2)11(4)14-13(15(16)17-18-14)12-8-6-5-7-10(12)3/h5-9,11H,1-4H3,(H2,16,17). The van der Waals surface area contributed by atoms with Crippen LogP contribution in [-0.2, 0) is 0 Å². The van der Waals surface area contributed by atoms with Gasteiger partial charge in [-0.1, -0.05) is 50.2 Å². The third-order valence-corrected chi connectivity index (χ3v) is 3.57. The van der Waals surface area contributed by atoms with Gasteiger partial charge in [-0.05, 0) is 24.0 Å². The van der Waals surface area contributed by atoms with E-state index >= 15 is 0 Å². The van der Waals surface area contributed by atoms with Crippen LogP contribution in [0.5, 0.6) is 0 Å². The van der Waals surface area contributed by atoms with Crippen LogP contribution in [0.2, 0.25) is 0 Å². The van der Waals surface area contributed by atoms with Gasteiger partial charge in [0.15, 0.2) is 5.82 Å². The van der Waals surface area contributed by atoms with Crippen LogP contribution in [0, 0.1) is 12.8 Å². The summed E-state index contributed by atoms with van der Waals surface area (Å²) in [5.74, 6) is 2.15. The third kappa shape index (κ3) is 2.13. The second-order valence-electron chi connectivity index (χ2n) is 5.15. The molecule has 1 aromatic carbocycles. The van der Waals surface area contributed by atoms with Crippen LogP contribution < -0.4 is 5.73 Å². The fraction of sp³-hybridized carbons (Fsp3) is 0.400. The Morgan fingerprint density at radius 3 is 2.44 bits per heavy atom. The van der Waals surface area contributed by atoms with Gasteiger partial charge in [-0.3, -0.25) is 0 Å². The zero-order valence-electron chi connectivity index (χ0n) is 11.4. The molecule has 0 aliphatic rings. The maximum absolute atomic E-state index is 5.98. The summed E-state index contributed by atoms with van der Waals surface area (Å²) in [6.07, 6.45) is 0. The first-order chi connectivity index (χ1) is 8.52. The van der Waals surface area contributed by atoms with Crippen molar-refractivity contribution >= 4 is 5.82 Å². The molecular weight excluding hydrogens is 224 g/mol. The van der Waals surface area contributed by atoms with Crippen molar-refractivity contribution < 1.29 is 4.52 Å². The topological polar surface area (TPSA) is 52.0 Å². The van der Waals surface area contributed by atoms with Gasteiger partial charge in [0, 0.05) is 5.92 Å². The van der Waals surface area contributed by atoms with Crippen LogP contribution in [0.3, 0.4) is 0 Å². The molecule has 0 bridgehead atoms. The van der Waals surface area contributed by atoms with Gasteiger partial charge < -0.3 is 10.3 Å². The molecule has 1 heterocycles. The number of hydrogen-bond donors (Lipinski definition) is 1. The lowest BCUT2D eigenvalue weighted by molar-refractivity contribution is 0.341. The highest BCUT2D eigenvalue weighted by molar-refractivity contribution is 5.78. The van der Waals surface area contributed by atoms with E-state index in [1.54, 1.807) is 0 Å². The number of aryl methyl sites for hydroxylation is 1. The van der Waals surface area contributed by atoms with Gasteiger partial charge in [-0.15, -0.1) is 0 Å². The molecule has 0 aliphatic carbocycles. The first-order valence-corrected chi connectivity index (χ1v) is 6.33. The van der Waals surface area contributed by atoms with Gasteiger partial charge in [-0.25, -0.2) is 0 Å². The SMILES string of the molecule is Cc1ccccc1-c1c(N)noc1C(C)C(C)C. The molecule has 2 rings (SSSR count). The molecule has 0 aliphatic heterocycles. The molecule has 18 heavy (non-hydrogen) atoms. The molecule has 0 radical (unpaired) electrons. The van der Waals surface area contributed by atoms with Crippen molar-refractivity contribution in [1.29, 1.82) is 0 Å². The zero-order valence-corrected chi connectivity index (χ0v) is 11.4. The summed E-state index contributed by atoms with van der Waals surface area (Å²) in [7, 11) is 0. The maximum atomic E-state index is 5.98. The summed E-state index contributed by atoms with van der Waals surface area (Å²) < 4.78 is 5.45. The van der Waals surface area contributed by atoms with E-state index < -0.39 is 0 Å². The third-order valence-electron chi connectivity index (χ3n) is 3.57. The van der Waals surface area contributed by atoms with E-state index in [2.05, 4.69) is 45.0 Å². The predicted molar refractivity (Wildman–Crippen MR) is 74.3 cm³/mol. The molecule has 2 aromatic rings. The Morgan fingerprint density at radius 2 is 1.83 bits per heavy atom. The van der Waals surface area contributed by atoms with E-state index in [-0.39, 0.29) is 0 Å². The van der Waals surface area contributed by atoms with Crippen LogP contribution in [0.4, 0.5) is 5.82 Å². The van der Waals surface area contributed by atoms with Crippen molar-refractivity contribution in [2.45, 2.75) is 33.6 Å². The Kier molecular flexibility index (Phi) is 3.41. The van der Waals surface area contributed by atoms with Gasteiger partial charge in [-0.2, -0.15) is 0 Å². The first kappa shape index (κ1) is 12.7. The molecule has 3 heteroatoms. The molecule has 96 valence electrons. The monoisotopic (exact) mass is 244 g/mol. The maximum Gasteiger partial charge on any atom is 0.175 e. The highest BCUT2D eigenvalue weighted by Gasteiger charge is 2.23. The molecule has 0 saturated carbocycles. The minimum atomic E-state index is 0.296. The zero-order chi connectivity index (χ0) is 13.3. The Bertz CT molecular complexity index is 543. The highest BCUT2D eigenvalue weighted by atomic mass is 16.5. The van der Waals surface area contributed by atoms with Crippen molar-refractivity contribution in [3.8, 4) is 11.1 Å². The number of hydrogen-bond acceptors (Lipinski definition) is 3. The quantitative estimate of drug-likeness (QED) is 0.888. The summed E-state index contributed by atoms with van der Waals surface area (Å²) in [6, 6.07) is 8.17. The van der Waals surface area contributed by atoms with Crippen LogP contribution in [0.25, 0.3) is 11.1 Å². The smallest absolute Gasteiger partial charge is 0.175 e. The summed E-state index contributed by atoms with van der Waals surface area (Å²) in [5.41, 5.74) is 9.22. The minimum absolute atomic E-state index is 0.296. The highest BCUT2D eigenvalue weighted by Crippen LogP contribution is 2.38. The minimum Gasteiger partial charge on any atom is -0.380 e. The number of anilines is 1. The normalized spacial score (nSPS) is 12.9. The number of aromatic nitrogens is 1. The molecule has 0 fully saturated rings. The summed E-state index contributed by atoms with van der Waals surface area (Å²) >= 11 is 0. The van der Waals surface area contributed by atoms with Crippen molar-refractivity contribution in [1.82, 2.24) is 5.16 Å². The van der Waals surface area contributed by atoms with Crippen LogP contribution >= 0.6 is 0 Å². The Balaban J connectivity index is 2.58. The lowest BCUT2D eigenvalue weighted by Gasteiger charge is -2.14. The van der Waals surface area contributed by atoms with E-state index in [9.17, 15) is 0 Å². The van der Waals surface area contributed by atoms with Crippen molar-refractivity contribution in [3.05, 3.63) is 35.6 Å². The van der Waals surface area contributed by atoms with E-state index in [1.807, 2.05) is 12.1 Å². The first-order valence-electron chi connectivity index (χ1n) is 6.33. The molecular formula is C15H20N2O. The Hall–Kier alpha value is -1.77. The molecule has 0 amide bonds. The fourth-order valence-electron chi connectivity index (χ4n) is 2.05. The molecule has 3 nitrogen and oxygen atoms in total. The van der Waals surface area contributed by atoms with Crippen molar-refractivity contribution in [3.63, 3.8) is 0 Å². The van der Waals surface area contributed by atoms with Gasteiger partial charge in [0.2, 0.25) is 0 Å². The van der Waals surface area contributed by atoms with Gasteiger partial charge in [0.05, 0.1) is 5.56 Å². The summed E-state index contributed by atoms with van der Waals surface area (Å²) in [5, 5.41) is 3.94. The predicted octanol–water partition coefficient (Wildman–Crippen LogP) is 3.99. The molecule has 0 spiro atoms. The fourth-order valence-corrected chi connectivity index (χ4v) is 2.05. The van der Waals surface area contributed by atoms with E-state index in [4.69, 9.17) is 10.3 Å². The molecule has 0 saturated heterocycles. The number of nitrogens with two attached hydrogens (primary N) is 1. The second kappa shape index (κ2) is 4.84. The Labute approximate surface area is 108 Å². The van der Waals surface area contributed by atoms with Crippen LogP contribution in [0.15, 0.2) is 28.8 Å². The Morgan fingerprint density at radius 1 is 1.17 bits per heavy atom. The largest absolute Gasteiger partial charge is 0.380 e. The number of nitrogen functional groups attached to an aromatic ring is 1. The average Bonchev–Trinajstić information content (AvgIpc) is 2.71. The molecule has 1 atom stereocenters. The molecule has 1 aromatic heterocycles. The van der Waals surface area contributed by atoms with Gasteiger partial charge >= 0.3 is 0 Å². The van der Waals surface area contributed by atoms with E-state index in [0.29, 0.717) is 17.7 Å². The van der Waals surface area contributed by atoms with E-state index in [1.165, 1.54) is 5.56 Å². The van der Waals surface area contributed by atoms with Crippen molar-refractivity contribution in [2.75, 3.05) is 5.73 Å². The van der Waals surface area contributed by atoms with Gasteiger partial charge in [0.1, 0.15) is 5.76 Å². The van der Waals surface area contributed by atoms with Crippen molar-refractivity contribution in [2.24, 2.45) is 5.92 Å². The lowest BCUT2D eigenvalue weighted by atomic mass is 9.89.